The summed E-state index contributed by atoms with van der Waals surface area (Å²) in [5, 5.41) is 16.8. The minimum atomic E-state index is -5.13. The highest BCUT2D eigenvalue weighted by atomic mass is 33.1. The van der Waals surface area contributed by atoms with E-state index in [1.807, 2.05) is 4.98 Å². The summed E-state index contributed by atoms with van der Waals surface area (Å²) in [4.78, 5) is 131. The van der Waals surface area contributed by atoms with Crippen LogP contribution >= 0.6 is 37.0 Å². The van der Waals surface area contributed by atoms with E-state index in [0.29, 0.717) is 10.7 Å². The van der Waals surface area contributed by atoms with Crippen molar-refractivity contribution in [3.05, 3.63) is 108 Å². The lowest BCUT2D eigenvalue weighted by Gasteiger charge is -2.22. The molecule has 3 aromatic heterocycles. The van der Waals surface area contributed by atoms with Gasteiger partial charge in [0.15, 0.2) is 34.3 Å². The number of nitrogens with one attached hydrogen (secondary N) is 1. The molecule has 68 heavy (non-hydrogen) atoms. The van der Waals surface area contributed by atoms with E-state index in [2.05, 4.69) is 29.8 Å². The number of nitrogens with two attached hydrogens (primary N) is 1. The number of benzene rings is 2. The molecule has 5 aromatic rings. The molecule has 7 N–H and O–H groups in total. The van der Waals surface area contributed by atoms with Gasteiger partial charge in [0.25, 0.3) is 5.56 Å². The van der Waals surface area contributed by atoms with Gasteiger partial charge < -0.3 is 39.5 Å². The number of Topliss-reactive ketones (excluding diaryl/α,β-unsaturated/α-hetero) is 2. The summed E-state index contributed by atoms with van der Waals surface area (Å²) in [6.07, 6.45) is -5.29. The number of fused-ring (bicyclic) bond motifs is 1. The molecule has 5 heterocycles. The van der Waals surface area contributed by atoms with Crippen LogP contribution in [0.1, 0.15) is 81.6 Å². The summed E-state index contributed by atoms with van der Waals surface area (Å²) < 4.78 is 49.9. The smallest absolute Gasteiger partial charge is 0.390 e. The number of aliphatic hydroxyl groups excluding tert-OH is 1. The maximum atomic E-state index is 13.7. The van der Waals surface area contributed by atoms with E-state index in [4.69, 9.17) is 19.7 Å². The maximum absolute atomic E-state index is 13.7. The molecular weight excluding hydrogens is 981 g/mol. The molecule has 2 saturated heterocycles. The number of aromatic amines is 1. The fraction of sp³-hybridized carbons (Fsp3) is 0.368. The quantitative estimate of drug-likeness (QED) is 0.0275. The van der Waals surface area contributed by atoms with E-state index in [1.165, 1.54) is 60.0 Å². The van der Waals surface area contributed by atoms with Crippen molar-refractivity contribution >= 4 is 82.7 Å². The number of H-pyrrole nitrogens is 1. The molecule has 0 radical (unpaired) electrons. The van der Waals surface area contributed by atoms with Crippen molar-refractivity contribution in [1.82, 2.24) is 29.1 Å². The molecule has 0 bridgehead atoms. The van der Waals surface area contributed by atoms with Crippen LogP contribution in [0.2, 0.25) is 0 Å². The molecule has 0 amide bonds. The summed E-state index contributed by atoms with van der Waals surface area (Å²) in [5.74, 6) is -2.32. The Balaban J connectivity index is 1.05. The first kappa shape index (κ1) is 50.4. The number of rotatable bonds is 20. The zero-order valence-corrected chi connectivity index (χ0v) is 38.8. The van der Waals surface area contributed by atoms with Crippen LogP contribution in [0, 0.1) is 15.7 Å². The fourth-order valence-corrected chi connectivity index (χ4v) is 11.4. The van der Waals surface area contributed by atoms with Gasteiger partial charge in [0.05, 0.1) is 37.3 Å². The van der Waals surface area contributed by atoms with Gasteiger partial charge in [0, 0.05) is 40.1 Å². The third-order valence-electron chi connectivity index (χ3n) is 10.8. The van der Waals surface area contributed by atoms with Crippen molar-refractivity contribution in [2.24, 2.45) is 16.3 Å². The van der Waals surface area contributed by atoms with Gasteiger partial charge in [-0.25, -0.2) is 24.3 Å². The van der Waals surface area contributed by atoms with E-state index in [1.54, 1.807) is 10.6 Å². The first-order valence-electron chi connectivity index (χ1n) is 20.0. The van der Waals surface area contributed by atoms with Gasteiger partial charge in [-0.2, -0.15) is 0 Å². The van der Waals surface area contributed by atoms with Crippen LogP contribution in [0.25, 0.3) is 11.2 Å². The first-order valence-corrected chi connectivity index (χ1v) is 25.6. The minimum absolute atomic E-state index is 0.0140. The standard InChI is InChI=1S/C38H39N9O17P2S2/c1-17(48)22-5-3-19(7-25(22)44-54)34(51)24-11-46(38(53)43-37(24)52)31-8-20(28(63-31)12-62-66(58,59)60)14-65(56,57)61-13-29-27(50)10-32(64-29)47-30(42-33-35(39)40-16-41-36(33)47)15-67-68-21-4-6-23(18(2)49)26(9-21)45-55/h3-7,9,11,16,20,27-29,31-32,50H,8,10,12-15H2,1-2H3,(H,56,57)(H2,39,40,41)(H,43,52,53)(H2,58,59,60)/t20-,27+,28-,29-,31-,32-/m1/s1. The molecule has 26 nitrogen and oxygen atoms in total. The Labute approximate surface area is 389 Å². The number of hydrogen-bond acceptors (Lipinski definition) is 22. The summed E-state index contributed by atoms with van der Waals surface area (Å²) in [6.45, 7) is 1.01. The van der Waals surface area contributed by atoms with Gasteiger partial charge >= 0.3 is 21.1 Å². The Hall–Kier alpha value is -5.48. The van der Waals surface area contributed by atoms with Crippen LogP contribution in [-0.4, -0.2) is 104 Å². The monoisotopic (exact) mass is 1020 g/mol. The van der Waals surface area contributed by atoms with E-state index >= 15 is 0 Å². The predicted molar refractivity (Wildman–Crippen MR) is 241 cm³/mol. The van der Waals surface area contributed by atoms with Gasteiger partial charge in [0.1, 0.15) is 47.6 Å². The number of anilines is 1. The van der Waals surface area contributed by atoms with E-state index in [0.717, 1.165) is 22.9 Å². The number of phosphoric ester groups is 1. The Kier molecular flexibility index (Phi) is 15.3. The van der Waals surface area contributed by atoms with E-state index < -0.39 is 99.9 Å². The second-order valence-corrected chi connectivity index (χ2v) is 20.9. The topological polar surface area (TPSA) is 387 Å². The molecule has 2 aliphatic heterocycles. The molecule has 30 heteroatoms. The number of phosphoric acid groups is 1. The lowest BCUT2D eigenvalue weighted by Crippen LogP contribution is -2.35. The highest BCUT2D eigenvalue weighted by Gasteiger charge is 2.44. The van der Waals surface area contributed by atoms with Crippen molar-refractivity contribution in [2.45, 2.75) is 68.1 Å². The molecule has 0 spiro atoms. The normalized spacial score (nSPS) is 21.4. The number of aromatic nitrogens is 6. The maximum Gasteiger partial charge on any atom is 0.469 e. The second-order valence-electron chi connectivity index (χ2n) is 15.4. The molecule has 0 saturated carbocycles. The lowest BCUT2D eigenvalue weighted by atomic mass is 10.0. The molecule has 2 aliphatic rings. The molecule has 7 rings (SSSR count). The van der Waals surface area contributed by atoms with Crippen LogP contribution in [0.15, 0.2) is 73.8 Å². The SMILES string of the molecule is CC(=O)c1ccc(SSCc2nc3c(N)ncnc3n2[C@H]2C[C@H](O)[C@@H](COP(=O)(O)C[C@H]3C[C@H](n4cc(C(=O)c5ccc(C(C)=O)c(N=O)c5)c(=O)[nH]c4=O)O[C@@H]3COP(=O)(O)O)O2)cc1N=O. The van der Waals surface area contributed by atoms with Gasteiger partial charge in [-0.05, 0) is 61.0 Å². The van der Waals surface area contributed by atoms with Crippen molar-refractivity contribution < 1.29 is 61.8 Å². The third-order valence-corrected chi connectivity index (χ3v) is 15.0. The zero-order chi connectivity index (χ0) is 49.2. The van der Waals surface area contributed by atoms with Gasteiger partial charge in [-0.1, -0.05) is 27.7 Å². The van der Waals surface area contributed by atoms with Crippen LogP contribution in [0.5, 0.6) is 0 Å². The average Bonchev–Trinajstić information content (AvgIpc) is 3.98. The highest BCUT2D eigenvalue weighted by Crippen LogP contribution is 2.50. The van der Waals surface area contributed by atoms with Gasteiger partial charge in [0.2, 0.25) is 0 Å². The van der Waals surface area contributed by atoms with Crippen LogP contribution < -0.4 is 17.0 Å². The number of ether oxygens (including phenoxy) is 2. The van der Waals surface area contributed by atoms with Crippen LogP contribution in [-0.2, 0) is 33.4 Å². The number of carbonyl (C=O) groups excluding carboxylic acids is 3. The zero-order valence-electron chi connectivity index (χ0n) is 35.3. The Morgan fingerprint density at radius 3 is 2.25 bits per heavy atom. The summed E-state index contributed by atoms with van der Waals surface area (Å²) in [5.41, 5.74) is 3.22. The van der Waals surface area contributed by atoms with Crippen molar-refractivity contribution in [1.29, 1.82) is 0 Å². The van der Waals surface area contributed by atoms with Gasteiger partial charge in [-0.15, -0.1) is 9.81 Å². The summed E-state index contributed by atoms with van der Waals surface area (Å²) >= 11 is 0. The minimum Gasteiger partial charge on any atom is -0.390 e. The molecule has 360 valence electrons. The number of nitrogens with zero attached hydrogens (tertiary/aromatic N) is 7. The second kappa shape index (κ2) is 20.6. The van der Waals surface area contributed by atoms with Crippen LogP contribution in [0.3, 0.4) is 0 Å². The number of carbonyl (C=O) groups is 3. The fourth-order valence-electron chi connectivity index (χ4n) is 7.58. The first-order chi connectivity index (χ1) is 32.2. The van der Waals surface area contributed by atoms with E-state index in [9.17, 15) is 62.7 Å². The van der Waals surface area contributed by atoms with E-state index in [-0.39, 0.29) is 69.4 Å². The number of aliphatic hydroxyl groups is 1. The molecular formula is C38H39N9O17P2S2. The molecule has 2 aromatic carbocycles. The lowest BCUT2D eigenvalue weighted by molar-refractivity contribution is -0.0410. The Morgan fingerprint density at radius 1 is 0.912 bits per heavy atom. The summed E-state index contributed by atoms with van der Waals surface area (Å²) in [6, 6.07) is 7.95. The third kappa shape index (κ3) is 11.3. The summed E-state index contributed by atoms with van der Waals surface area (Å²) in [7, 11) is -7.30. The number of nitroso groups, excluding NO2 is 2. The number of hydrogen-bond donors (Lipinski definition) is 6. The van der Waals surface area contributed by atoms with Crippen molar-refractivity contribution in [3.63, 3.8) is 0 Å². The van der Waals surface area contributed by atoms with Crippen molar-refractivity contribution in [2.75, 3.05) is 25.1 Å². The van der Waals surface area contributed by atoms with Crippen LogP contribution in [0.4, 0.5) is 17.2 Å². The molecule has 2 fully saturated rings. The highest BCUT2D eigenvalue weighted by molar-refractivity contribution is 8.76. The predicted octanol–water partition coefficient (Wildman–Crippen LogP) is 4.19. The van der Waals surface area contributed by atoms with Gasteiger partial charge in [-0.3, -0.25) is 42.4 Å². The van der Waals surface area contributed by atoms with Crippen molar-refractivity contribution in [3.8, 4) is 0 Å². The molecule has 0 aliphatic carbocycles. The Bertz CT molecular complexity index is 3050. The largest absolute Gasteiger partial charge is 0.469 e. The average molecular weight is 1020 g/mol. The molecule has 1 unspecified atom stereocenters. The molecule has 7 atom stereocenters. The number of nitrogen functional groups attached to an aromatic ring is 1. The Morgan fingerprint density at radius 2 is 1.57 bits per heavy atom. The number of ketones is 3. The number of imidazole rings is 1.